The van der Waals surface area contributed by atoms with Gasteiger partial charge in [-0.05, 0) is 171 Å². The van der Waals surface area contributed by atoms with E-state index in [-0.39, 0.29) is 7.43 Å². The minimum Gasteiger partial charge on any atom is -0.141 e. The maximum absolute atomic E-state index is 2.52. The van der Waals surface area contributed by atoms with Crippen molar-refractivity contribution in [3.05, 3.63) is 167 Å². The molecule has 59 heavy (non-hydrogen) atoms. The van der Waals surface area contributed by atoms with E-state index >= 15 is 0 Å². The minimum absolute atomic E-state index is 0. The van der Waals surface area contributed by atoms with E-state index in [1.54, 1.807) is 0 Å². The van der Waals surface area contributed by atoms with Crippen LogP contribution in [0.2, 0.25) is 0 Å². The molecule has 0 N–H and O–H groups in total. The third-order valence-corrected chi connectivity index (χ3v) is 15.3. The molecule has 0 radical (unpaired) electrons. The molecule has 0 aliphatic heterocycles. The maximum atomic E-state index is 2.52. The second kappa shape index (κ2) is 11.8. The molecule has 0 saturated carbocycles. The van der Waals surface area contributed by atoms with Gasteiger partial charge in [-0.25, -0.2) is 0 Å². The van der Waals surface area contributed by atoms with Crippen molar-refractivity contribution in [2.24, 2.45) is 0 Å². The zero-order valence-electron chi connectivity index (χ0n) is 31.8. The Balaban J connectivity index is 0.00000360. The summed E-state index contributed by atoms with van der Waals surface area (Å²) >= 11 is 3.78. The molecule has 0 atom stereocenters. The number of benzene rings is 10. The smallest absolute Gasteiger partial charge is 0.0351 e. The predicted molar refractivity (Wildman–Crippen MR) is 261 cm³/mol. The largest absolute Gasteiger partial charge is 0.141 e. The quantitative estimate of drug-likeness (QED) is 0.153. The summed E-state index contributed by atoms with van der Waals surface area (Å²) in [5, 5.41) is 15.9. The second-order valence-corrected chi connectivity index (χ2v) is 18.9. The van der Waals surface area contributed by atoms with Crippen molar-refractivity contribution >= 4 is 96.7 Å². The third-order valence-electron chi connectivity index (χ3n) is 13.3. The standard InChI is InChI=1S/C56H32S2.CH4/c1-29-25-45-35(15-7-19-49(45)57-29)53-39-23-21-34-33(43(39)27-47-37-13-3-9-31-11-5-17-41(51(31)37)55(47)53)22-24-40-44(34)28-48-38-14-4-10-32-12-6-18-42(52(32)38)56(48)54(40)36-16-8-20-50-46(36)26-30(2)58-50;/h3-28H,1-2H3;1H4. The Labute approximate surface area is 350 Å². The van der Waals surface area contributed by atoms with Crippen molar-refractivity contribution < 1.29 is 0 Å². The van der Waals surface area contributed by atoms with Gasteiger partial charge in [-0.2, -0.15) is 0 Å². The van der Waals surface area contributed by atoms with Crippen LogP contribution in [0, 0.1) is 13.8 Å². The first kappa shape index (κ1) is 33.4. The van der Waals surface area contributed by atoms with Gasteiger partial charge < -0.3 is 0 Å². The highest BCUT2D eigenvalue weighted by Crippen LogP contribution is 2.58. The van der Waals surface area contributed by atoms with Crippen LogP contribution < -0.4 is 0 Å². The fraction of sp³-hybridized carbons (Fsp3) is 0.0526. The van der Waals surface area contributed by atoms with Crippen molar-refractivity contribution in [1.82, 2.24) is 0 Å². The molecule has 0 nitrogen and oxygen atoms in total. The average molecular weight is 785 g/mol. The van der Waals surface area contributed by atoms with Gasteiger partial charge >= 0.3 is 0 Å². The van der Waals surface area contributed by atoms with Gasteiger partial charge in [-0.1, -0.05) is 129 Å². The Morgan fingerprint density at radius 2 is 0.661 bits per heavy atom. The first-order valence-electron chi connectivity index (χ1n) is 20.2. The minimum atomic E-state index is 0. The summed E-state index contributed by atoms with van der Waals surface area (Å²) in [4.78, 5) is 2.69. The zero-order chi connectivity index (χ0) is 38.0. The molecular weight excluding hydrogens is 749 g/mol. The SMILES string of the molecule is C.Cc1cc2c(-c3c4c(cc5c3ccc3c6cc7c(c(-c8cccc9sc(C)cc89)c6ccc53)-c3cccc5cccc-7c35)-c3cccc5cccc-4c35)cccc2s1. The van der Waals surface area contributed by atoms with E-state index < -0.39 is 0 Å². The van der Waals surface area contributed by atoms with Crippen LogP contribution in [0.5, 0.6) is 0 Å². The predicted octanol–water partition coefficient (Wildman–Crippen LogP) is 17.8. The number of aryl methyl sites for hydroxylation is 2. The molecule has 0 spiro atoms. The lowest BCUT2D eigenvalue weighted by Crippen LogP contribution is -1.92. The molecule has 0 amide bonds. The molecule has 2 heteroatoms. The molecule has 0 unspecified atom stereocenters. The van der Waals surface area contributed by atoms with E-state index in [1.165, 1.54) is 151 Å². The molecule has 0 fully saturated rings. The fourth-order valence-electron chi connectivity index (χ4n) is 11.1. The Bertz CT molecular complexity index is 3610. The lowest BCUT2D eigenvalue weighted by atomic mass is 9.83. The highest BCUT2D eigenvalue weighted by molar-refractivity contribution is 7.19. The van der Waals surface area contributed by atoms with Crippen LogP contribution in [0.15, 0.2) is 158 Å². The van der Waals surface area contributed by atoms with Crippen molar-refractivity contribution in [1.29, 1.82) is 0 Å². The van der Waals surface area contributed by atoms with Crippen molar-refractivity contribution in [3.8, 4) is 66.8 Å². The molecule has 2 heterocycles. The molecular formula is C57H36S2. The molecule has 12 aromatic rings. The van der Waals surface area contributed by atoms with Gasteiger partial charge in [0, 0.05) is 29.9 Å². The lowest BCUT2D eigenvalue weighted by molar-refractivity contribution is 1.65. The van der Waals surface area contributed by atoms with E-state index in [9.17, 15) is 0 Å². The van der Waals surface area contributed by atoms with Gasteiger partial charge in [0.25, 0.3) is 0 Å². The normalized spacial score (nSPS) is 12.4. The molecule has 2 aliphatic rings. The molecule has 2 aromatic heterocycles. The van der Waals surface area contributed by atoms with Crippen LogP contribution in [0.3, 0.4) is 0 Å². The van der Waals surface area contributed by atoms with Gasteiger partial charge in [0.2, 0.25) is 0 Å². The topological polar surface area (TPSA) is 0 Å². The maximum Gasteiger partial charge on any atom is 0.0351 e. The van der Waals surface area contributed by atoms with Crippen LogP contribution in [0.4, 0.5) is 0 Å². The van der Waals surface area contributed by atoms with E-state index in [1.807, 2.05) is 22.7 Å². The van der Waals surface area contributed by atoms with Crippen LogP contribution in [0.1, 0.15) is 17.2 Å². The van der Waals surface area contributed by atoms with Gasteiger partial charge in [-0.3, -0.25) is 0 Å². The molecule has 276 valence electrons. The number of rotatable bonds is 2. The summed E-state index contributed by atoms with van der Waals surface area (Å²) in [5.41, 5.74) is 16.1. The Morgan fingerprint density at radius 1 is 0.288 bits per heavy atom. The summed E-state index contributed by atoms with van der Waals surface area (Å²) < 4.78 is 2.68. The zero-order valence-corrected chi connectivity index (χ0v) is 33.5. The first-order valence-corrected chi connectivity index (χ1v) is 21.8. The van der Waals surface area contributed by atoms with E-state index in [0.717, 1.165) is 0 Å². The second-order valence-electron chi connectivity index (χ2n) is 16.3. The molecule has 10 aromatic carbocycles. The highest BCUT2D eigenvalue weighted by Gasteiger charge is 2.30. The molecule has 14 rings (SSSR count). The Morgan fingerprint density at radius 3 is 1.10 bits per heavy atom. The van der Waals surface area contributed by atoms with Crippen LogP contribution in [-0.4, -0.2) is 0 Å². The van der Waals surface area contributed by atoms with E-state index in [4.69, 9.17) is 0 Å². The van der Waals surface area contributed by atoms with Crippen molar-refractivity contribution in [2.45, 2.75) is 21.3 Å². The van der Waals surface area contributed by atoms with Gasteiger partial charge in [0.05, 0.1) is 0 Å². The fourth-order valence-corrected chi connectivity index (χ4v) is 13.0. The van der Waals surface area contributed by atoms with Crippen LogP contribution in [0.25, 0.3) is 141 Å². The van der Waals surface area contributed by atoms with E-state index in [0.29, 0.717) is 0 Å². The lowest BCUT2D eigenvalue weighted by Gasteiger charge is -2.20. The Kier molecular flexibility index (Phi) is 6.66. The van der Waals surface area contributed by atoms with Crippen LogP contribution >= 0.6 is 22.7 Å². The number of fused-ring (bicyclic) bond motifs is 13. The third kappa shape index (κ3) is 4.27. The van der Waals surface area contributed by atoms with Crippen molar-refractivity contribution in [3.63, 3.8) is 0 Å². The summed E-state index contributed by atoms with van der Waals surface area (Å²) in [6, 6.07) is 60.8. The van der Waals surface area contributed by atoms with Crippen molar-refractivity contribution in [2.75, 3.05) is 0 Å². The summed E-state index contributed by atoms with van der Waals surface area (Å²) in [7, 11) is 0. The molecule has 0 bridgehead atoms. The summed E-state index contributed by atoms with van der Waals surface area (Å²) in [6.07, 6.45) is 0. The molecule has 0 saturated heterocycles. The van der Waals surface area contributed by atoms with Gasteiger partial charge in [0.15, 0.2) is 0 Å². The average Bonchev–Trinajstić information content (AvgIpc) is 4.01. The first-order chi connectivity index (χ1) is 28.6. The molecule has 2 aliphatic carbocycles. The number of thiophene rings is 2. The summed E-state index contributed by atoms with van der Waals surface area (Å²) in [5.74, 6) is 0. The summed E-state index contributed by atoms with van der Waals surface area (Å²) in [6.45, 7) is 4.47. The van der Waals surface area contributed by atoms with Gasteiger partial charge in [0.1, 0.15) is 0 Å². The Hall–Kier alpha value is -6.58. The van der Waals surface area contributed by atoms with Gasteiger partial charge in [-0.15, -0.1) is 22.7 Å². The number of hydrogen-bond donors (Lipinski definition) is 0. The highest BCUT2D eigenvalue weighted by atomic mass is 32.1. The van der Waals surface area contributed by atoms with Crippen LogP contribution in [-0.2, 0) is 0 Å². The number of hydrogen-bond acceptors (Lipinski definition) is 2. The van der Waals surface area contributed by atoms with E-state index in [2.05, 4.69) is 172 Å². The monoisotopic (exact) mass is 784 g/mol.